The molecule has 2 aromatic rings. The van der Waals surface area contributed by atoms with E-state index in [0.29, 0.717) is 5.56 Å². The topological polar surface area (TPSA) is 12.0 Å². The van der Waals surface area contributed by atoms with Gasteiger partial charge in [0.15, 0.2) is 11.6 Å². The molecule has 1 nitrogen and oxygen atoms in total. The molecule has 0 spiro atoms. The van der Waals surface area contributed by atoms with Gasteiger partial charge >= 0.3 is 0 Å². The number of nitrogens with one attached hydrogen (secondary N) is 1. The third kappa shape index (κ3) is 3.05. The normalized spacial score (nSPS) is 12.4. The van der Waals surface area contributed by atoms with E-state index in [4.69, 9.17) is 0 Å². The number of hydrogen-bond donors (Lipinski definition) is 1. The second-order valence-electron chi connectivity index (χ2n) is 4.86. The Bertz CT molecular complexity index is 564. The van der Waals surface area contributed by atoms with Crippen molar-refractivity contribution in [2.75, 3.05) is 7.05 Å². The molecule has 0 heterocycles. The zero-order chi connectivity index (χ0) is 14.5. The highest BCUT2D eigenvalue weighted by Gasteiger charge is 2.18. The summed E-state index contributed by atoms with van der Waals surface area (Å²) in [6.45, 7) is 2.13. The van der Waals surface area contributed by atoms with Gasteiger partial charge in [-0.15, -0.1) is 0 Å². The molecule has 0 fully saturated rings. The molecule has 0 radical (unpaired) electrons. The van der Waals surface area contributed by atoms with Gasteiger partial charge in [-0.1, -0.05) is 49.7 Å². The van der Waals surface area contributed by atoms with Crippen LogP contribution in [0.4, 0.5) is 8.78 Å². The number of rotatable bonds is 5. The van der Waals surface area contributed by atoms with Crippen molar-refractivity contribution in [1.82, 2.24) is 5.32 Å². The molecule has 1 atom stereocenters. The van der Waals surface area contributed by atoms with E-state index >= 15 is 0 Å². The summed E-state index contributed by atoms with van der Waals surface area (Å²) in [5.74, 6) is -1.60. The molecule has 0 saturated heterocycles. The Morgan fingerprint density at radius 2 is 1.75 bits per heavy atom. The average molecular weight is 275 g/mol. The Labute approximate surface area is 118 Å². The van der Waals surface area contributed by atoms with Crippen LogP contribution in [0.15, 0.2) is 42.5 Å². The number of halogens is 2. The van der Waals surface area contributed by atoms with Crippen molar-refractivity contribution in [3.05, 3.63) is 70.8 Å². The first-order valence-electron chi connectivity index (χ1n) is 6.87. The molecule has 20 heavy (non-hydrogen) atoms. The van der Waals surface area contributed by atoms with Crippen LogP contribution < -0.4 is 5.32 Å². The molecule has 0 aromatic heterocycles. The maximum absolute atomic E-state index is 13.9. The summed E-state index contributed by atoms with van der Waals surface area (Å²) < 4.78 is 27.3. The fourth-order valence-corrected chi connectivity index (χ4v) is 2.41. The minimum absolute atomic E-state index is 0.329. The van der Waals surface area contributed by atoms with Crippen molar-refractivity contribution in [3.8, 4) is 0 Å². The van der Waals surface area contributed by atoms with Gasteiger partial charge < -0.3 is 5.32 Å². The van der Waals surface area contributed by atoms with Crippen LogP contribution in [-0.2, 0) is 6.42 Å². The van der Waals surface area contributed by atoms with Crippen LogP contribution in [0.1, 0.15) is 36.1 Å². The number of benzene rings is 2. The monoisotopic (exact) mass is 275 g/mol. The van der Waals surface area contributed by atoms with Gasteiger partial charge in [-0.25, -0.2) is 8.78 Å². The minimum Gasteiger partial charge on any atom is -0.309 e. The predicted molar refractivity (Wildman–Crippen MR) is 77.7 cm³/mol. The van der Waals surface area contributed by atoms with E-state index in [1.807, 2.05) is 24.3 Å². The van der Waals surface area contributed by atoms with E-state index in [1.165, 1.54) is 11.6 Å². The highest BCUT2D eigenvalue weighted by atomic mass is 19.2. The van der Waals surface area contributed by atoms with Crippen LogP contribution in [0.25, 0.3) is 0 Å². The first-order valence-corrected chi connectivity index (χ1v) is 6.87. The van der Waals surface area contributed by atoms with Crippen molar-refractivity contribution in [2.24, 2.45) is 0 Å². The Morgan fingerprint density at radius 3 is 2.35 bits per heavy atom. The molecule has 2 rings (SSSR count). The van der Waals surface area contributed by atoms with Gasteiger partial charge in [0.2, 0.25) is 0 Å². The van der Waals surface area contributed by atoms with Crippen LogP contribution in [0.5, 0.6) is 0 Å². The highest BCUT2D eigenvalue weighted by Crippen LogP contribution is 2.25. The second-order valence-corrected chi connectivity index (χ2v) is 4.86. The lowest BCUT2D eigenvalue weighted by atomic mass is 9.96. The number of hydrogen-bond acceptors (Lipinski definition) is 1. The molecule has 0 bridgehead atoms. The lowest BCUT2D eigenvalue weighted by molar-refractivity contribution is 0.487. The average Bonchev–Trinajstić information content (AvgIpc) is 2.46. The zero-order valence-corrected chi connectivity index (χ0v) is 11.8. The van der Waals surface area contributed by atoms with E-state index in [1.54, 1.807) is 13.1 Å². The lowest BCUT2D eigenvalue weighted by Crippen LogP contribution is -2.19. The molecule has 1 N–H and O–H groups in total. The Hall–Kier alpha value is -1.74. The molecule has 0 aliphatic carbocycles. The largest absolute Gasteiger partial charge is 0.309 e. The van der Waals surface area contributed by atoms with E-state index in [0.717, 1.165) is 24.5 Å². The minimum atomic E-state index is -0.814. The smallest absolute Gasteiger partial charge is 0.163 e. The summed E-state index contributed by atoms with van der Waals surface area (Å²) in [5, 5.41) is 3.05. The molecule has 0 aliphatic heterocycles. The van der Waals surface area contributed by atoms with Gasteiger partial charge in [0.05, 0.1) is 6.04 Å². The highest BCUT2D eigenvalue weighted by molar-refractivity contribution is 5.34. The summed E-state index contributed by atoms with van der Waals surface area (Å²) in [7, 11) is 1.75. The predicted octanol–water partition coefficient (Wildman–Crippen LogP) is 4.23. The molecule has 0 amide bonds. The van der Waals surface area contributed by atoms with E-state index < -0.39 is 11.6 Å². The molecular weight excluding hydrogens is 256 g/mol. The number of aryl methyl sites for hydroxylation is 1. The lowest BCUT2D eigenvalue weighted by Gasteiger charge is -2.18. The summed E-state index contributed by atoms with van der Waals surface area (Å²) in [4.78, 5) is 0. The standard InChI is InChI=1S/C17H19F2N/c1-3-5-12-8-10-13(11-9-12)17(20-2)14-6-4-7-15(18)16(14)19/h4,6-11,17,20H,3,5H2,1-2H3. The Balaban J connectivity index is 2.34. The van der Waals surface area contributed by atoms with Crippen molar-refractivity contribution in [2.45, 2.75) is 25.8 Å². The molecule has 3 heteroatoms. The second kappa shape index (κ2) is 6.62. The van der Waals surface area contributed by atoms with E-state index in [9.17, 15) is 8.78 Å². The van der Waals surface area contributed by atoms with Crippen molar-refractivity contribution >= 4 is 0 Å². The van der Waals surface area contributed by atoms with Gasteiger partial charge in [0.25, 0.3) is 0 Å². The molecule has 1 unspecified atom stereocenters. The summed E-state index contributed by atoms with van der Waals surface area (Å²) in [5.41, 5.74) is 2.51. The van der Waals surface area contributed by atoms with Gasteiger partial charge in [-0.3, -0.25) is 0 Å². The van der Waals surface area contributed by atoms with Gasteiger partial charge in [0, 0.05) is 5.56 Å². The fraction of sp³-hybridized carbons (Fsp3) is 0.294. The van der Waals surface area contributed by atoms with Gasteiger partial charge in [-0.2, -0.15) is 0 Å². The van der Waals surface area contributed by atoms with Crippen molar-refractivity contribution in [1.29, 1.82) is 0 Å². The van der Waals surface area contributed by atoms with Crippen LogP contribution in [0, 0.1) is 11.6 Å². The molecule has 0 saturated carbocycles. The van der Waals surface area contributed by atoms with Crippen LogP contribution >= 0.6 is 0 Å². The SMILES string of the molecule is CCCc1ccc(C(NC)c2cccc(F)c2F)cc1. The summed E-state index contributed by atoms with van der Waals surface area (Å²) in [6, 6.07) is 12.0. The Morgan fingerprint density at radius 1 is 1.05 bits per heavy atom. The zero-order valence-electron chi connectivity index (χ0n) is 11.8. The van der Waals surface area contributed by atoms with Crippen molar-refractivity contribution < 1.29 is 8.78 Å². The van der Waals surface area contributed by atoms with E-state index in [2.05, 4.69) is 12.2 Å². The van der Waals surface area contributed by atoms with Crippen LogP contribution in [-0.4, -0.2) is 7.05 Å². The maximum atomic E-state index is 13.9. The van der Waals surface area contributed by atoms with Crippen LogP contribution in [0.3, 0.4) is 0 Å². The maximum Gasteiger partial charge on any atom is 0.163 e. The summed E-state index contributed by atoms with van der Waals surface area (Å²) >= 11 is 0. The van der Waals surface area contributed by atoms with E-state index in [-0.39, 0.29) is 6.04 Å². The molecule has 106 valence electrons. The fourth-order valence-electron chi connectivity index (χ4n) is 2.41. The van der Waals surface area contributed by atoms with Gasteiger partial charge in [0.1, 0.15) is 0 Å². The first-order chi connectivity index (χ1) is 9.67. The van der Waals surface area contributed by atoms with Gasteiger partial charge in [-0.05, 0) is 30.7 Å². The van der Waals surface area contributed by atoms with Crippen LogP contribution in [0.2, 0.25) is 0 Å². The summed E-state index contributed by atoms with van der Waals surface area (Å²) in [6.07, 6.45) is 2.12. The Kier molecular flexibility index (Phi) is 4.85. The molecule has 0 aliphatic rings. The third-order valence-electron chi connectivity index (χ3n) is 3.43. The first kappa shape index (κ1) is 14.7. The molecular formula is C17H19F2N. The third-order valence-corrected chi connectivity index (χ3v) is 3.43. The quantitative estimate of drug-likeness (QED) is 0.861. The van der Waals surface area contributed by atoms with Crippen molar-refractivity contribution in [3.63, 3.8) is 0 Å². The molecule has 2 aromatic carbocycles.